The molecule has 0 aliphatic carbocycles. The summed E-state index contributed by atoms with van der Waals surface area (Å²) in [4.78, 5) is 0. The maximum absolute atomic E-state index is 2.26. The van der Waals surface area contributed by atoms with Crippen molar-refractivity contribution >= 4 is 0 Å². The van der Waals surface area contributed by atoms with Crippen molar-refractivity contribution in [2.75, 3.05) is 0 Å². The highest BCUT2D eigenvalue weighted by Gasteiger charge is 2.02. The Hall–Kier alpha value is -1.04. The third kappa shape index (κ3) is 3.02. The van der Waals surface area contributed by atoms with Crippen molar-refractivity contribution in [3.8, 4) is 0 Å². The van der Waals surface area contributed by atoms with Gasteiger partial charge >= 0.3 is 0 Å². The summed E-state index contributed by atoms with van der Waals surface area (Å²) in [6.07, 6.45) is 5.55. The second-order valence-electron chi connectivity index (χ2n) is 4.14. The third-order valence-corrected chi connectivity index (χ3v) is 2.56. The molecule has 1 aromatic rings. The Morgan fingerprint density at radius 2 is 2.00 bits per heavy atom. The summed E-state index contributed by atoms with van der Waals surface area (Å²) < 4.78 is 0. The maximum Gasteiger partial charge on any atom is -0.0216 e. The number of hydrogen-bond acceptors (Lipinski definition) is 0. The minimum atomic E-state index is 0.640. The largest absolute Gasteiger partial charge is 0.0914 e. The Labute approximate surface area is 87.7 Å². The third-order valence-electron chi connectivity index (χ3n) is 2.56. The summed E-state index contributed by atoms with van der Waals surface area (Å²) in [5, 5.41) is 0. The van der Waals surface area contributed by atoms with Crippen LogP contribution in [0.15, 0.2) is 30.4 Å². The highest BCUT2D eigenvalue weighted by Crippen LogP contribution is 2.15. The summed E-state index contributed by atoms with van der Waals surface area (Å²) in [7, 11) is 0. The molecule has 0 fully saturated rings. The molecule has 1 unspecified atom stereocenters. The number of rotatable bonds is 3. The first-order valence-electron chi connectivity index (χ1n) is 5.32. The first-order chi connectivity index (χ1) is 6.63. The normalized spacial score (nSPS) is 13.4. The van der Waals surface area contributed by atoms with Crippen LogP contribution in [-0.2, 0) is 6.42 Å². The van der Waals surface area contributed by atoms with E-state index in [1.165, 1.54) is 16.7 Å². The van der Waals surface area contributed by atoms with Gasteiger partial charge in [0.25, 0.3) is 0 Å². The van der Waals surface area contributed by atoms with E-state index >= 15 is 0 Å². The molecule has 0 saturated carbocycles. The van der Waals surface area contributed by atoms with Crippen molar-refractivity contribution in [2.45, 2.75) is 34.1 Å². The van der Waals surface area contributed by atoms with Crippen molar-refractivity contribution in [3.05, 3.63) is 47.0 Å². The molecule has 0 aliphatic rings. The SMILES string of the molecule is C/C=C\C(C)Cc1ccc(C)cc1C. The van der Waals surface area contributed by atoms with E-state index in [1.807, 2.05) is 0 Å². The fraction of sp³-hybridized carbons (Fsp3) is 0.429. The molecule has 0 N–H and O–H groups in total. The van der Waals surface area contributed by atoms with Crippen LogP contribution in [0.1, 0.15) is 30.5 Å². The molecule has 0 saturated heterocycles. The number of benzene rings is 1. The Kier molecular flexibility index (Phi) is 3.94. The average Bonchev–Trinajstić information content (AvgIpc) is 2.10. The Balaban J connectivity index is 2.76. The molecule has 0 spiro atoms. The van der Waals surface area contributed by atoms with E-state index in [-0.39, 0.29) is 0 Å². The summed E-state index contributed by atoms with van der Waals surface area (Å²) in [6, 6.07) is 6.72. The van der Waals surface area contributed by atoms with Crippen LogP contribution in [0, 0.1) is 19.8 Å². The molecule has 1 rings (SSSR count). The molecule has 1 aromatic carbocycles. The number of allylic oxidation sites excluding steroid dienone is 2. The second kappa shape index (κ2) is 4.99. The maximum atomic E-state index is 2.26. The quantitative estimate of drug-likeness (QED) is 0.627. The highest BCUT2D eigenvalue weighted by molar-refractivity contribution is 5.30. The summed E-state index contributed by atoms with van der Waals surface area (Å²) in [5.41, 5.74) is 4.24. The standard InChI is InChI=1S/C14H20/c1-5-6-11(2)10-14-8-7-12(3)9-13(14)4/h5-9,11H,10H2,1-4H3/b6-5-. The van der Waals surface area contributed by atoms with Gasteiger partial charge in [-0.05, 0) is 44.2 Å². The summed E-state index contributed by atoms with van der Waals surface area (Å²) in [6.45, 7) is 8.69. The molecular weight excluding hydrogens is 168 g/mol. The van der Waals surface area contributed by atoms with E-state index in [1.54, 1.807) is 0 Å². The molecular formula is C14H20. The van der Waals surface area contributed by atoms with Gasteiger partial charge in [0.1, 0.15) is 0 Å². The van der Waals surface area contributed by atoms with Gasteiger partial charge in [-0.25, -0.2) is 0 Å². The van der Waals surface area contributed by atoms with Gasteiger partial charge in [-0.1, -0.05) is 42.8 Å². The fourth-order valence-electron chi connectivity index (χ4n) is 1.82. The fourth-order valence-corrected chi connectivity index (χ4v) is 1.82. The molecule has 0 radical (unpaired) electrons. The summed E-state index contributed by atoms with van der Waals surface area (Å²) in [5.74, 6) is 0.640. The Morgan fingerprint density at radius 3 is 2.57 bits per heavy atom. The molecule has 14 heavy (non-hydrogen) atoms. The topological polar surface area (TPSA) is 0 Å². The zero-order valence-electron chi connectivity index (χ0n) is 9.67. The number of hydrogen-bond donors (Lipinski definition) is 0. The van der Waals surface area contributed by atoms with Crippen molar-refractivity contribution in [1.82, 2.24) is 0 Å². The summed E-state index contributed by atoms with van der Waals surface area (Å²) >= 11 is 0. The highest BCUT2D eigenvalue weighted by atomic mass is 14.1. The monoisotopic (exact) mass is 188 g/mol. The van der Waals surface area contributed by atoms with Gasteiger partial charge in [-0.15, -0.1) is 0 Å². The van der Waals surface area contributed by atoms with Crippen LogP contribution >= 0.6 is 0 Å². The van der Waals surface area contributed by atoms with Crippen LogP contribution in [-0.4, -0.2) is 0 Å². The predicted molar refractivity (Wildman–Crippen MR) is 63.6 cm³/mol. The Morgan fingerprint density at radius 1 is 1.29 bits per heavy atom. The van der Waals surface area contributed by atoms with Gasteiger partial charge in [-0.3, -0.25) is 0 Å². The minimum absolute atomic E-state index is 0.640. The molecule has 76 valence electrons. The van der Waals surface area contributed by atoms with Crippen LogP contribution in [0.5, 0.6) is 0 Å². The van der Waals surface area contributed by atoms with E-state index < -0.39 is 0 Å². The van der Waals surface area contributed by atoms with Crippen molar-refractivity contribution < 1.29 is 0 Å². The van der Waals surface area contributed by atoms with Crippen molar-refractivity contribution in [1.29, 1.82) is 0 Å². The molecule has 0 bridgehead atoms. The molecule has 0 aliphatic heterocycles. The molecule has 0 nitrogen and oxygen atoms in total. The van der Waals surface area contributed by atoms with Gasteiger partial charge in [0.15, 0.2) is 0 Å². The molecule has 0 heteroatoms. The lowest BCUT2D eigenvalue weighted by Gasteiger charge is -2.10. The average molecular weight is 188 g/mol. The van der Waals surface area contributed by atoms with Crippen LogP contribution in [0.3, 0.4) is 0 Å². The lowest BCUT2D eigenvalue weighted by Crippen LogP contribution is -1.98. The minimum Gasteiger partial charge on any atom is -0.0914 e. The van der Waals surface area contributed by atoms with Gasteiger partial charge < -0.3 is 0 Å². The zero-order chi connectivity index (χ0) is 10.6. The molecule has 0 amide bonds. The van der Waals surface area contributed by atoms with Crippen LogP contribution < -0.4 is 0 Å². The Bertz CT molecular complexity index is 321. The van der Waals surface area contributed by atoms with E-state index in [2.05, 4.69) is 58.0 Å². The van der Waals surface area contributed by atoms with E-state index in [4.69, 9.17) is 0 Å². The van der Waals surface area contributed by atoms with Gasteiger partial charge in [0.05, 0.1) is 0 Å². The second-order valence-corrected chi connectivity index (χ2v) is 4.14. The van der Waals surface area contributed by atoms with E-state index in [0.29, 0.717) is 5.92 Å². The van der Waals surface area contributed by atoms with E-state index in [0.717, 1.165) is 6.42 Å². The van der Waals surface area contributed by atoms with Crippen molar-refractivity contribution in [3.63, 3.8) is 0 Å². The number of aryl methyl sites for hydroxylation is 2. The van der Waals surface area contributed by atoms with Crippen LogP contribution in [0.25, 0.3) is 0 Å². The lowest BCUT2D eigenvalue weighted by molar-refractivity contribution is 0.719. The van der Waals surface area contributed by atoms with Crippen LogP contribution in [0.2, 0.25) is 0 Å². The lowest BCUT2D eigenvalue weighted by atomic mass is 9.96. The smallest absolute Gasteiger partial charge is 0.0216 e. The zero-order valence-corrected chi connectivity index (χ0v) is 9.67. The molecule has 0 aromatic heterocycles. The van der Waals surface area contributed by atoms with E-state index in [9.17, 15) is 0 Å². The molecule has 0 heterocycles. The first kappa shape index (κ1) is 11.0. The van der Waals surface area contributed by atoms with Crippen molar-refractivity contribution in [2.24, 2.45) is 5.92 Å². The van der Waals surface area contributed by atoms with Gasteiger partial charge in [0, 0.05) is 0 Å². The van der Waals surface area contributed by atoms with Crippen LogP contribution in [0.4, 0.5) is 0 Å². The van der Waals surface area contributed by atoms with Gasteiger partial charge in [-0.2, -0.15) is 0 Å². The predicted octanol–water partition coefficient (Wildman–Crippen LogP) is 4.06. The first-order valence-corrected chi connectivity index (χ1v) is 5.32. The van der Waals surface area contributed by atoms with Gasteiger partial charge in [0.2, 0.25) is 0 Å². The molecule has 1 atom stereocenters.